The zero-order valence-corrected chi connectivity index (χ0v) is 12.4. The second kappa shape index (κ2) is 6.17. The third-order valence-electron chi connectivity index (χ3n) is 3.70. The van der Waals surface area contributed by atoms with Gasteiger partial charge in [0, 0.05) is 18.7 Å². The van der Waals surface area contributed by atoms with Gasteiger partial charge in [-0.2, -0.15) is 5.10 Å². The predicted octanol–water partition coefficient (Wildman–Crippen LogP) is 2.58. The number of carbonyl (C=O) groups excluding carboxylic acids is 1. The van der Waals surface area contributed by atoms with Crippen molar-refractivity contribution < 1.29 is 13.9 Å². The van der Waals surface area contributed by atoms with Gasteiger partial charge in [0.15, 0.2) is 11.6 Å². The van der Waals surface area contributed by atoms with E-state index < -0.39 is 5.82 Å². The molecule has 2 aromatic rings. The number of H-pyrrole nitrogens is 1. The topological polar surface area (TPSA) is 58.2 Å². The Morgan fingerprint density at radius 2 is 2.23 bits per heavy atom. The van der Waals surface area contributed by atoms with E-state index in [0.717, 1.165) is 18.5 Å². The van der Waals surface area contributed by atoms with E-state index in [1.807, 2.05) is 6.07 Å². The van der Waals surface area contributed by atoms with E-state index in [1.165, 1.54) is 11.0 Å². The van der Waals surface area contributed by atoms with Gasteiger partial charge in [-0.3, -0.25) is 9.89 Å². The lowest BCUT2D eigenvalue weighted by Crippen LogP contribution is -2.31. The van der Waals surface area contributed by atoms with Crippen LogP contribution in [-0.4, -0.2) is 41.2 Å². The number of hydrogen-bond acceptors (Lipinski definition) is 3. The Labute approximate surface area is 128 Å². The smallest absolute Gasteiger partial charge is 0.274 e. The Morgan fingerprint density at radius 1 is 1.45 bits per heavy atom. The first-order valence-electron chi connectivity index (χ1n) is 7.33. The second-order valence-corrected chi connectivity index (χ2v) is 5.49. The summed E-state index contributed by atoms with van der Waals surface area (Å²) in [4.78, 5) is 13.7. The highest BCUT2D eigenvalue weighted by Gasteiger charge is 2.27. The summed E-state index contributed by atoms with van der Waals surface area (Å²) < 4.78 is 18.8. The molecular formula is C16H18FN3O2. The number of likely N-dealkylation sites (N-methyl/N-ethyl adjacent to an activating group) is 1. The van der Waals surface area contributed by atoms with Crippen molar-refractivity contribution in [3.63, 3.8) is 0 Å². The Bertz CT molecular complexity index is 667. The molecule has 1 aromatic heterocycles. The Morgan fingerprint density at radius 3 is 2.95 bits per heavy atom. The predicted molar refractivity (Wildman–Crippen MR) is 79.4 cm³/mol. The molecule has 0 saturated heterocycles. The molecule has 0 spiro atoms. The van der Waals surface area contributed by atoms with Crippen molar-refractivity contribution in [2.24, 2.45) is 0 Å². The van der Waals surface area contributed by atoms with Crippen LogP contribution in [0.2, 0.25) is 0 Å². The number of hydrogen-bond donors (Lipinski definition) is 1. The van der Waals surface area contributed by atoms with Gasteiger partial charge in [-0.05, 0) is 31.0 Å². The van der Waals surface area contributed by atoms with Crippen molar-refractivity contribution in [2.45, 2.75) is 18.8 Å². The molecule has 1 aliphatic carbocycles. The summed E-state index contributed by atoms with van der Waals surface area (Å²) >= 11 is 0. The Balaban J connectivity index is 1.51. The van der Waals surface area contributed by atoms with E-state index in [4.69, 9.17) is 4.74 Å². The van der Waals surface area contributed by atoms with E-state index in [0.29, 0.717) is 18.2 Å². The van der Waals surface area contributed by atoms with Crippen LogP contribution in [0.3, 0.4) is 0 Å². The number of rotatable bonds is 6. The monoisotopic (exact) mass is 303 g/mol. The number of benzene rings is 1. The normalized spacial score (nSPS) is 13.9. The fourth-order valence-electron chi connectivity index (χ4n) is 2.20. The van der Waals surface area contributed by atoms with Crippen molar-refractivity contribution in [1.82, 2.24) is 15.1 Å². The van der Waals surface area contributed by atoms with Crippen LogP contribution in [0.4, 0.5) is 4.39 Å². The molecule has 0 bridgehead atoms. The number of aromatic nitrogens is 2. The van der Waals surface area contributed by atoms with E-state index in [1.54, 1.807) is 25.2 Å². The van der Waals surface area contributed by atoms with Crippen LogP contribution in [0.1, 0.15) is 34.9 Å². The number of nitrogens with one attached hydrogen (secondary N) is 1. The van der Waals surface area contributed by atoms with Crippen molar-refractivity contribution in [2.75, 3.05) is 20.2 Å². The molecule has 1 N–H and O–H groups in total. The Hall–Kier alpha value is -2.37. The standard InChI is InChI=1S/C16H18FN3O2/c1-20(8-9-22-15-5-3-2-4-12(15)17)16(21)14-10-13(18-19-14)11-6-7-11/h2-5,10-11H,6-9H2,1H3,(H,18,19). The van der Waals surface area contributed by atoms with Crippen LogP contribution in [-0.2, 0) is 0 Å². The van der Waals surface area contributed by atoms with Gasteiger partial charge in [0.1, 0.15) is 12.3 Å². The van der Waals surface area contributed by atoms with E-state index in [-0.39, 0.29) is 18.3 Å². The highest BCUT2D eigenvalue weighted by Crippen LogP contribution is 2.39. The summed E-state index contributed by atoms with van der Waals surface area (Å²) in [6, 6.07) is 8.03. The fourth-order valence-corrected chi connectivity index (χ4v) is 2.20. The van der Waals surface area contributed by atoms with Gasteiger partial charge in [0.05, 0.1) is 6.54 Å². The molecule has 3 rings (SSSR count). The molecule has 1 amide bonds. The van der Waals surface area contributed by atoms with Crippen LogP contribution in [0.25, 0.3) is 0 Å². The zero-order valence-electron chi connectivity index (χ0n) is 12.4. The van der Waals surface area contributed by atoms with Gasteiger partial charge in [0.25, 0.3) is 5.91 Å². The first kappa shape index (κ1) is 14.6. The van der Waals surface area contributed by atoms with Crippen LogP contribution in [0, 0.1) is 5.82 Å². The lowest BCUT2D eigenvalue weighted by molar-refractivity contribution is 0.0767. The van der Waals surface area contributed by atoms with Crippen molar-refractivity contribution in [3.8, 4) is 5.75 Å². The maximum atomic E-state index is 13.4. The molecular weight excluding hydrogens is 285 g/mol. The third-order valence-corrected chi connectivity index (χ3v) is 3.70. The summed E-state index contributed by atoms with van der Waals surface area (Å²) in [7, 11) is 1.68. The summed E-state index contributed by atoms with van der Waals surface area (Å²) in [5.41, 5.74) is 1.44. The van der Waals surface area contributed by atoms with Crippen LogP contribution < -0.4 is 4.74 Å². The molecule has 0 atom stereocenters. The first-order chi connectivity index (χ1) is 10.6. The summed E-state index contributed by atoms with van der Waals surface area (Å²) in [6.45, 7) is 0.585. The minimum Gasteiger partial charge on any atom is -0.489 e. The molecule has 1 heterocycles. The van der Waals surface area contributed by atoms with Crippen molar-refractivity contribution >= 4 is 5.91 Å². The van der Waals surface area contributed by atoms with Crippen molar-refractivity contribution in [1.29, 1.82) is 0 Å². The summed E-state index contributed by atoms with van der Waals surface area (Å²) in [5.74, 6) is 0.154. The molecule has 1 aliphatic rings. The quantitative estimate of drug-likeness (QED) is 0.892. The molecule has 1 saturated carbocycles. The molecule has 1 fully saturated rings. The van der Waals surface area contributed by atoms with Gasteiger partial charge in [-0.1, -0.05) is 12.1 Å². The average Bonchev–Trinajstić information content (AvgIpc) is 3.26. The maximum absolute atomic E-state index is 13.4. The highest BCUT2D eigenvalue weighted by molar-refractivity contribution is 5.92. The maximum Gasteiger partial charge on any atom is 0.274 e. The first-order valence-corrected chi connectivity index (χ1v) is 7.33. The van der Waals surface area contributed by atoms with E-state index >= 15 is 0 Å². The molecule has 0 unspecified atom stereocenters. The number of ether oxygens (including phenoxy) is 1. The molecule has 1 aromatic carbocycles. The molecule has 116 valence electrons. The van der Waals surface area contributed by atoms with Gasteiger partial charge >= 0.3 is 0 Å². The molecule has 6 heteroatoms. The summed E-state index contributed by atoms with van der Waals surface area (Å²) in [6.07, 6.45) is 2.31. The van der Waals surface area contributed by atoms with Gasteiger partial charge in [-0.25, -0.2) is 4.39 Å². The van der Waals surface area contributed by atoms with Crippen LogP contribution in [0.5, 0.6) is 5.75 Å². The highest BCUT2D eigenvalue weighted by atomic mass is 19.1. The fraction of sp³-hybridized carbons (Fsp3) is 0.375. The minimum absolute atomic E-state index is 0.166. The lowest BCUT2D eigenvalue weighted by Gasteiger charge is -2.16. The average molecular weight is 303 g/mol. The van der Waals surface area contributed by atoms with E-state index in [2.05, 4.69) is 10.2 Å². The number of carbonyl (C=O) groups is 1. The molecule has 5 nitrogen and oxygen atoms in total. The number of halogens is 1. The molecule has 22 heavy (non-hydrogen) atoms. The SMILES string of the molecule is CN(CCOc1ccccc1F)C(=O)c1cc(C2CC2)[nH]n1. The van der Waals surface area contributed by atoms with E-state index in [9.17, 15) is 9.18 Å². The zero-order chi connectivity index (χ0) is 15.5. The largest absolute Gasteiger partial charge is 0.489 e. The third kappa shape index (κ3) is 3.27. The molecule has 0 aliphatic heterocycles. The number of aromatic amines is 1. The summed E-state index contributed by atoms with van der Waals surface area (Å²) in [5, 5.41) is 6.98. The number of nitrogens with zero attached hydrogens (tertiary/aromatic N) is 2. The van der Waals surface area contributed by atoms with Crippen molar-refractivity contribution in [3.05, 3.63) is 47.5 Å². The van der Waals surface area contributed by atoms with Gasteiger partial charge < -0.3 is 9.64 Å². The van der Waals surface area contributed by atoms with Gasteiger partial charge in [-0.15, -0.1) is 0 Å². The van der Waals surface area contributed by atoms with Crippen LogP contribution in [0.15, 0.2) is 30.3 Å². The lowest BCUT2D eigenvalue weighted by atomic mass is 10.2. The molecule has 0 radical (unpaired) electrons. The number of amides is 1. The van der Waals surface area contributed by atoms with Gasteiger partial charge in [0.2, 0.25) is 0 Å². The van der Waals surface area contributed by atoms with Crippen LogP contribution >= 0.6 is 0 Å². The number of para-hydroxylation sites is 1. The minimum atomic E-state index is -0.405. The second-order valence-electron chi connectivity index (χ2n) is 5.49. The Kier molecular flexibility index (Phi) is 4.09.